The number of nitrogens with two attached hydrogens (primary N) is 1. The maximum atomic E-state index is 15.7. The number of nitrogens with zero attached hydrogens (tertiary/aromatic N) is 1. The number of rotatable bonds is 5. The lowest BCUT2D eigenvalue weighted by Gasteiger charge is -2.39. The number of esters is 1. The van der Waals surface area contributed by atoms with Gasteiger partial charge in [0, 0.05) is 18.7 Å². The molecule has 0 radical (unpaired) electrons. The van der Waals surface area contributed by atoms with Gasteiger partial charge in [0.05, 0.1) is 11.5 Å². The number of alkyl halides is 1. The van der Waals surface area contributed by atoms with Gasteiger partial charge in [0.25, 0.3) is 5.56 Å². The number of aliphatic hydroxyl groups is 1. The monoisotopic (exact) mass is 381 g/mol. The number of aliphatic hydroxyl groups excluding tert-OH is 1. The Morgan fingerprint density at radius 3 is 2.67 bits per heavy atom. The molecule has 2 rings (SSSR count). The Labute approximate surface area is 157 Å². The summed E-state index contributed by atoms with van der Waals surface area (Å²) in [5.74, 6) is -3.63. The van der Waals surface area contributed by atoms with Crippen LogP contribution in [-0.2, 0) is 19.9 Å². The van der Waals surface area contributed by atoms with Gasteiger partial charge in [-0.1, -0.05) is 13.8 Å². The highest BCUT2D eigenvalue weighted by Gasteiger charge is 2.62. The van der Waals surface area contributed by atoms with Crippen LogP contribution in [0.15, 0.2) is 21.9 Å². The zero-order valence-corrected chi connectivity index (χ0v) is 16.0. The molecule has 13 heteroatoms. The Hall–Kier alpha value is -1.85. The smallest absolute Gasteiger partial charge is 0.330 e. The molecule has 1 fully saturated rings. The molecule has 1 aromatic heterocycles. The number of hydrogen-bond acceptors (Lipinski definition) is 7. The summed E-state index contributed by atoms with van der Waals surface area (Å²) in [5, 5.41) is 8.64. The number of carbonyl (C=O) groups excluding carboxylic acids is 1. The highest BCUT2D eigenvalue weighted by atomic mass is 19.2. The van der Waals surface area contributed by atoms with Crippen molar-refractivity contribution in [1.82, 2.24) is 9.55 Å². The van der Waals surface area contributed by atoms with E-state index < -0.39 is 52.7 Å². The highest BCUT2D eigenvalue weighted by molar-refractivity contribution is 6.40. The standard InChI is InChI=1S/C14H23B3FN3O6/c1-6(2)9(19)10(24)26-14(16,17)12(18)5-7(22)13(15,27-12)21-4-3-8(23)20-11(21)25/h3-4,6-7,9,22H,5,15-17,19H2,1-2H3,(H,20,23,25)/t7-,9+,12+,13+/m1/s1. The Morgan fingerprint density at radius 1 is 1.56 bits per heavy atom. The van der Waals surface area contributed by atoms with Crippen LogP contribution >= 0.6 is 0 Å². The summed E-state index contributed by atoms with van der Waals surface area (Å²) < 4.78 is 27.3. The number of halogens is 1. The third-order valence-electron chi connectivity index (χ3n) is 4.99. The number of ether oxygens (including phenoxy) is 2. The van der Waals surface area contributed by atoms with Crippen molar-refractivity contribution < 1.29 is 23.8 Å². The van der Waals surface area contributed by atoms with E-state index in [0.29, 0.717) is 0 Å². The molecule has 1 aliphatic rings. The second-order valence-electron chi connectivity index (χ2n) is 7.79. The molecule has 1 saturated heterocycles. The van der Waals surface area contributed by atoms with Crippen LogP contribution < -0.4 is 17.0 Å². The van der Waals surface area contributed by atoms with Crippen LogP contribution in [0.4, 0.5) is 4.39 Å². The van der Waals surface area contributed by atoms with Gasteiger partial charge in [-0.3, -0.25) is 19.1 Å². The molecule has 0 saturated carbocycles. The van der Waals surface area contributed by atoms with Crippen molar-refractivity contribution in [3.63, 3.8) is 0 Å². The van der Waals surface area contributed by atoms with Gasteiger partial charge in [-0.2, -0.15) is 0 Å². The van der Waals surface area contributed by atoms with E-state index in [-0.39, 0.29) is 5.92 Å². The summed E-state index contributed by atoms with van der Waals surface area (Å²) in [6.07, 6.45) is -0.918. The minimum atomic E-state index is -2.61. The zero-order chi connectivity index (χ0) is 20.8. The van der Waals surface area contributed by atoms with Crippen LogP contribution in [0.3, 0.4) is 0 Å². The molecule has 1 aliphatic heterocycles. The average molecular weight is 381 g/mol. The SMILES string of the molecule is BC(B)(OC(=O)[C@@H](N)C(C)C)[C@]1(F)C[C@@H](O)[C@](B)(n2ccc(=O)[nH]c2=O)O1. The van der Waals surface area contributed by atoms with Crippen molar-refractivity contribution >= 4 is 29.5 Å². The summed E-state index contributed by atoms with van der Waals surface area (Å²) >= 11 is 0. The fourth-order valence-corrected chi connectivity index (χ4v) is 2.89. The second-order valence-corrected chi connectivity index (χ2v) is 7.79. The quantitative estimate of drug-likeness (QED) is 0.347. The molecule has 4 atom stereocenters. The fourth-order valence-electron chi connectivity index (χ4n) is 2.89. The number of aromatic amines is 1. The van der Waals surface area contributed by atoms with Gasteiger partial charge in [0.15, 0.2) is 23.5 Å². The van der Waals surface area contributed by atoms with Crippen molar-refractivity contribution in [2.45, 2.75) is 49.3 Å². The van der Waals surface area contributed by atoms with E-state index in [0.717, 1.165) is 16.8 Å². The summed E-state index contributed by atoms with van der Waals surface area (Å²) in [6, 6.07) is 0.0979. The lowest BCUT2D eigenvalue weighted by Crippen LogP contribution is -2.59. The van der Waals surface area contributed by atoms with Crippen molar-refractivity contribution in [2.75, 3.05) is 0 Å². The Balaban J connectivity index is 2.35. The van der Waals surface area contributed by atoms with Crippen molar-refractivity contribution in [3.8, 4) is 0 Å². The molecule has 0 bridgehead atoms. The van der Waals surface area contributed by atoms with E-state index in [1.807, 2.05) is 4.98 Å². The van der Waals surface area contributed by atoms with Crippen LogP contribution in [0, 0.1) is 5.92 Å². The van der Waals surface area contributed by atoms with E-state index in [2.05, 4.69) is 0 Å². The van der Waals surface area contributed by atoms with E-state index in [9.17, 15) is 19.5 Å². The van der Waals surface area contributed by atoms with Crippen LogP contribution in [0.1, 0.15) is 20.3 Å². The topological polar surface area (TPSA) is 137 Å². The maximum absolute atomic E-state index is 15.7. The Kier molecular flexibility index (Phi) is 5.53. The number of nitrogens with one attached hydrogen (secondary N) is 1. The first-order valence-corrected chi connectivity index (χ1v) is 8.61. The van der Waals surface area contributed by atoms with E-state index in [1.54, 1.807) is 13.8 Å². The molecule has 0 spiro atoms. The molecule has 2 heterocycles. The molecule has 1 aromatic rings. The van der Waals surface area contributed by atoms with Crippen LogP contribution in [-0.4, -0.2) is 67.6 Å². The lowest BCUT2D eigenvalue weighted by molar-refractivity contribution is -0.232. The number of carbonyl (C=O) groups is 1. The normalized spacial score (nSPS) is 29.6. The first-order valence-electron chi connectivity index (χ1n) is 8.61. The van der Waals surface area contributed by atoms with Gasteiger partial charge in [0.1, 0.15) is 11.7 Å². The summed E-state index contributed by atoms with van der Waals surface area (Å²) in [7, 11) is 3.90. The summed E-state index contributed by atoms with van der Waals surface area (Å²) in [4.78, 5) is 37.5. The minimum absolute atomic E-state index is 0.219. The number of H-pyrrole nitrogens is 1. The molecular weight excluding hydrogens is 358 g/mol. The number of hydrogen-bond donors (Lipinski definition) is 3. The van der Waals surface area contributed by atoms with E-state index >= 15 is 4.39 Å². The van der Waals surface area contributed by atoms with E-state index in [1.165, 1.54) is 23.5 Å². The first kappa shape index (κ1) is 21.5. The maximum Gasteiger partial charge on any atom is 0.330 e. The molecule has 4 N–H and O–H groups in total. The van der Waals surface area contributed by atoms with E-state index in [4.69, 9.17) is 15.2 Å². The molecule has 146 valence electrons. The summed E-state index contributed by atoms with van der Waals surface area (Å²) in [5.41, 5.74) is 2.42. The largest absolute Gasteiger partial charge is 0.471 e. The molecule has 0 aromatic carbocycles. The second kappa shape index (κ2) is 6.95. The van der Waals surface area contributed by atoms with Crippen molar-refractivity contribution in [1.29, 1.82) is 0 Å². The predicted molar refractivity (Wildman–Crippen MR) is 102 cm³/mol. The van der Waals surface area contributed by atoms with Crippen LogP contribution in [0.2, 0.25) is 0 Å². The van der Waals surface area contributed by atoms with Gasteiger partial charge in [-0.15, -0.1) is 0 Å². The lowest BCUT2D eigenvalue weighted by atomic mass is 9.59. The van der Waals surface area contributed by atoms with Crippen LogP contribution in [0.25, 0.3) is 0 Å². The van der Waals surface area contributed by atoms with Gasteiger partial charge in [-0.25, -0.2) is 9.18 Å². The van der Waals surface area contributed by atoms with Crippen molar-refractivity contribution in [2.24, 2.45) is 11.7 Å². The summed E-state index contributed by atoms with van der Waals surface area (Å²) in [6.45, 7) is 3.44. The third-order valence-corrected chi connectivity index (χ3v) is 4.99. The van der Waals surface area contributed by atoms with Crippen molar-refractivity contribution in [3.05, 3.63) is 33.1 Å². The van der Waals surface area contributed by atoms with Gasteiger partial charge >= 0.3 is 11.7 Å². The molecule has 0 unspecified atom stereocenters. The highest BCUT2D eigenvalue weighted by Crippen LogP contribution is 2.45. The average Bonchev–Trinajstić information content (AvgIpc) is 2.77. The molecular formula is C14H23B3FN3O6. The minimum Gasteiger partial charge on any atom is -0.471 e. The predicted octanol–water partition coefficient (Wildman–Crippen LogP) is -4.33. The number of aromatic nitrogens is 2. The molecule has 27 heavy (non-hydrogen) atoms. The van der Waals surface area contributed by atoms with Crippen LogP contribution in [0.5, 0.6) is 0 Å². The third kappa shape index (κ3) is 3.76. The molecule has 0 aliphatic carbocycles. The van der Waals surface area contributed by atoms with Gasteiger partial charge in [-0.05, 0) is 5.92 Å². The fraction of sp³-hybridized carbons (Fsp3) is 0.643. The molecule has 9 nitrogen and oxygen atoms in total. The zero-order valence-electron chi connectivity index (χ0n) is 16.0. The Morgan fingerprint density at radius 2 is 2.15 bits per heavy atom. The van der Waals surface area contributed by atoms with Gasteiger partial charge < -0.3 is 20.3 Å². The first-order chi connectivity index (χ1) is 12.2. The van der Waals surface area contributed by atoms with Gasteiger partial charge in [0.2, 0.25) is 5.85 Å². The molecule has 0 amide bonds. The Bertz CT molecular complexity index is 846.